The number of oxime groups is 1. The number of hydrogen-bond donors (Lipinski definition) is 1. The van der Waals surface area contributed by atoms with E-state index in [9.17, 15) is 9.18 Å². The minimum absolute atomic E-state index is 0.117. The van der Waals surface area contributed by atoms with Crippen molar-refractivity contribution in [2.75, 3.05) is 0 Å². The Kier molecular flexibility index (Phi) is 4.14. The van der Waals surface area contributed by atoms with Gasteiger partial charge in [-0.15, -0.1) is 0 Å². The minimum Gasteiger partial charge on any atom is -0.382 e. The average molecular weight is 264 g/mol. The van der Waals surface area contributed by atoms with Gasteiger partial charge >= 0.3 is 0 Å². The molecule has 1 aliphatic heterocycles. The van der Waals surface area contributed by atoms with Crippen LogP contribution in [-0.2, 0) is 9.63 Å². The molecule has 0 radical (unpaired) electrons. The molecule has 5 heteroatoms. The van der Waals surface area contributed by atoms with Gasteiger partial charge in [0, 0.05) is 12.5 Å². The molecule has 1 aromatic carbocycles. The van der Waals surface area contributed by atoms with E-state index in [1.807, 2.05) is 13.8 Å². The zero-order valence-electron chi connectivity index (χ0n) is 11.0. The molecule has 1 amide bonds. The number of halogens is 1. The summed E-state index contributed by atoms with van der Waals surface area (Å²) in [5.74, 6) is -0.454. The van der Waals surface area contributed by atoms with E-state index in [0.717, 1.165) is 12.0 Å². The van der Waals surface area contributed by atoms with Gasteiger partial charge in [-0.2, -0.15) is 0 Å². The van der Waals surface area contributed by atoms with Crippen LogP contribution in [0.1, 0.15) is 32.3 Å². The second kappa shape index (κ2) is 5.82. The molecule has 4 nitrogen and oxygen atoms in total. The number of nitrogens with zero attached hydrogens (tertiary/aromatic N) is 1. The summed E-state index contributed by atoms with van der Waals surface area (Å²) in [5, 5.41) is 6.76. The fourth-order valence-electron chi connectivity index (χ4n) is 1.77. The van der Waals surface area contributed by atoms with Crippen molar-refractivity contribution in [2.24, 2.45) is 5.16 Å². The maximum atomic E-state index is 12.8. The second-order valence-electron chi connectivity index (χ2n) is 4.66. The van der Waals surface area contributed by atoms with Gasteiger partial charge in [0.15, 0.2) is 0 Å². The molecule has 0 saturated heterocycles. The molecule has 0 fully saturated rings. The first-order chi connectivity index (χ1) is 9.10. The van der Waals surface area contributed by atoms with Crippen molar-refractivity contribution in [1.82, 2.24) is 5.32 Å². The summed E-state index contributed by atoms with van der Waals surface area (Å²) < 4.78 is 12.8. The quantitative estimate of drug-likeness (QED) is 0.906. The monoisotopic (exact) mass is 264 g/mol. The summed E-state index contributed by atoms with van der Waals surface area (Å²) in [6, 6.07) is 6.11. The lowest BCUT2D eigenvalue weighted by atomic mass is 10.0. The van der Waals surface area contributed by atoms with Gasteiger partial charge in [-0.25, -0.2) is 4.39 Å². The highest BCUT2D eigenvalue weighted by Crippen LogP contribution is 2.17. The molecular formula is C14H17FN2O2. The molecule has 0 aromatic heterocycles. The van der Waals surface area contributed by atoms with Gasteiger partial charge in [0.2, 0.25) is 6.10 Å². The molecule has 0 spiro atoms. The number of nitrogens with one attached hydrogen (secondary N) is 1. The third-order valence-corrected chi connectivity index (χ3v) is 3.14. The standard InChI is InChI=1S/C14H17FN2O2/c1-3-9(2)16-14(18)13-8-12(17-19-13)10-4-6-11(15)7-5-10/h4-7,9,13H,3,8H2,1-2H3,(H,16,18)/t9-,13-/m0/s1. The predicted octanol–water partition coefficient (Wildman–Crippen LogP) is 2.23. The Morgan fingerprint density at radius 2 is 2.21 bits per heavy atom. The molecule has 1 N–H and O–H groups in total. The van der Waals surface area contributed by atoms with Crippen molar-refractivity contribution >= 4 is 11.6 Å². The Hall–Kier alpha value is -1.91. The Balaban J connectivity index is 1.95. The maximum Gasteiger partial charge on any atom is 0.264 e. The lowest BCUT2D eigenvalue weighted by molar-refractivity contribution is -0.131. The van der Waals surface area contributed by atoms with Gasteiger partial charge in [-0.05, 0) is 31.0 Å². The van der Waals surface area contributed by atoms with Crippen LogP contribution in [0, 0.1) is 5.82 Å². The fourth-order valence-corrected chi connectivity index (χ4v) is 1.77. The number of benzene rings is 1. The Bertz CT molecular complexity index is 485. The summed E-state index contributed by atoms with van der Waals surface area (Å²) >= 11 is 0. The fraction of sp³-hybridized carbons (Fsp3) is 0.429. The maximum absolute atomic E-state index is 12.8. The smallest absolute Gasteiger partial charge is 0.264 e. The van der Waals surface area contributed by atoms with Crippen molar-refractivity contribution in [2.45, 2.75) is 38.8 Å². The van der Waals surface area contributed by atoms with Crippen LogP contribution < -0.4 is 5.32 Å². The molecular weight excluding hydrogens is 247 g/mol. The van der Waals surface area contributed by atoms with Gasteiger partial charge in [0.05, 0.1) is 5.71 Å². The van der Waals surface area contributed by atoms with Crippen molar-refractivity contribution in [3.05, 3.63) is 35.6 Å². The molecule has 1 aliphatic rings. The molecule has 1 aromatic rings. The lowest BCUT2D eigenvalue weighted by Crippen LogP contribution is -2.39. The van der Waals surface area contributed by atoms with Gasteiger partial charge < -0.3 is 10.2 Å². The van der Waals surface area contributed by atoms with E-state index in [2.05, 4.69) is 10.5 Å². The SMILES string of the molecule is CC[C@H](C)NC(=O)[C@@H]1CC(c2ccc(F)cc2)=NO1. The number of carbonyl (C=O) groups is 1. The van der Waals surface area contributed by atoms with E-state index in [4.69, 9.17) is 4.84 Å². The number of hydrogen-bond acceptors (Lipinski definition) is 3. The normalized spacial score (nSPS) is 19.5. The van der Waals surface area contributed by atoms with Gasteiger partial charge in [-0.3, -0.25) is 4.79 Å². The lowest BCUT2D eigenvalue weighted by Gasteiger charge is -2.14. The molecule has 0 unspecified atom stereocenters. The van der Waals surface area contributed by atoms with E-state index in [1.165, 1.54) is 12.1 Å². The first kappa shape index (κ1) is 13.5. The third-order valence-electron chi connectivity index (χ3n) is 3.14. The van der Waals surface area contributed by atoms with Crippen LogP contribution in [0.2, 0.25) is 0 Å². The highest BCUT2D eigenvalue weighted by atomic mass is 19.1. The Morgan fingerprint density at radius 1 is 1.53 bits per heavy atom. The highest BCUT2D eigenvalue weighted by Gasteiger charge is 2.29. The zero-order valence-corrected chi connectivity index (χ0v) is 11.0. The minimum atomic E-state index is -0.589. The number of amides is 1. The van der Waals surface area contributed by atoms with Crippen molar-refractivity contribution < 1.29 is 14.0 Å². The summed E-state index contributed by atoms with van der Waals surface area (Å²) in [6.07, 6.45) is 0.687. The van der Waals surface area contributed by atoms with E-state index in [-0.39, 0.29) is 17.8 Å². The van der Waals surface area contributed by atoms with E-state index in [0.29, 0.717) is 12.1 Å². The first-order valence-corrected chi connectivity index (χ1v) is 6.39. The van der Waals surface area contributed by atoms with Crippen LogP contribution in [0.5, 0.6) is 0 Å². The largest absolute Gasteiger partial charge is 0.382 e. The van der Waals surface area contributed by atoms with Crippen LogP contribution in [0.4, 0.5) is 4.39 Å². The van der Waals surface area contributed by atoms with Crippen LogP contribution >= 0.6 is 0 Å². The second-order valence-corrected chi connectivity index (χ2v) is 4.66. The zero-order chi connectivity index (χ0) is 13.8. The topological polar surface area (TPSA) is 50.7 Å². The first-order valence-electron chi connectivity index (χ1n) is 6.39. The third kappa shape index (κ3) is 3.30. The summed E-state index contributed by atoms with van der Waals surface area (Å²) in [4.78, 5) is 17.0. The van der Waals surface area contributed by atoms with Crippen molar-refractivity contribution in [1.29, 1.82) is 0 Å². The average Bonchev–Trinajstić information content (AvgIpc) is 2.89. The molecule has 0 aliphatic carbocycles. The van der Waals surface area contributed by atoms with Gasteiger partial charge in [0.25, 0.3) is 5.91 Å². The van der Waals surface area contributed by atoms with Gasteiger partial charge in [0.1, 0.15) is 5.82 Å². The van der Waals surface area contributed by atoms with Crippen LogP contribution in [0.15, 0.2) is 29.4 Å². The number of carbonyl (C=O) groups excluding carboxylic acids is 1. The number of rotatable bonds is 4. The summed E-state index contributed by atoms with van der Waals surface area (Å²) in [5.41, 5.74) is 1.45. The highest BCUT2D eigenvalue weighted by molar-refractivity contribution is 6.04. The Labute approximate surface area is 111 Å². The van der Waals surface area contributed by atoms with E-state index in [1.54, 1.807) is 12.1 Å². The van der Waals surface area contributed by atoms with E-state index < -0.39 is 6.10 Å². The molecule has 2 rings (SSSR count). The molecule has 0 bridgehead atoms. The van der Waals surface area contributed by atoms with E-state index >= 15 is 0 Å². The molecule has 2 atom stereocenters. The Morgan fingerprint density at radius 3 is 2.84 bits per heavy atom. The van der Waals surface area contributed by atoms with Crippen LogP contribution in [-0.4, -0.2) is 23.8 Å². The van der Waals surface area contributed by atoms with Crippen molar-refractivity contribution in [3.8, 4) is 0 Å². The van der Waals surface area contributed by atoms with Crippen LogP contribution in [0.25, 0.3) is 0 Å². The molecule has 0 saturated carbocycles. The van der Waals surface area contributed by atoms with Gasteiger partial charge in [-0.1, -0.05) is 24.2 Å². The molecule has 102 valence electrons. The summed E-state index contributed by atoms with van der Waals surface area (Å²) in [6.45, 7) is 3.94. The predicted molar refractivity (Wildman–Crippen MR) is 70.3 cm³/mol. The molecule has 1 heterocycles. The van der Waals surface area contributed by atoms with Crippen LogP contribution in [0.3, 0.4) is 0 Å². The summed E-state index contributed by atoms with van der Waals surface area (Å²) in [7, 11) is 0. The molecule has 19 heavy (non-hydrogen) atoms. The van der Waals surface area contributed by atoms with Crippen molar-refractivity contribution in [3.63, 3.8) is 0 Å².